The van der Waals surface area contributed by atoms with Crippen LogP contribution in [0, 0.1) is 0 Å². The molecule has 2 rings (SSSR count). The van der Waals surface area contributed by atoms with E-state index < -0.39 is 32.7 Å². The number of nitrogens with one attached hydrogen (secondary N) is 1. The van der Waals surface area contributed by atoms with Gasteiger partial charge in [0.2, 0.25) is 10.0 Å². The molecule has 1 atom stereocenters. The lowest BCUT2D eigenvalue weighted by molar-refractivity contribution is -0.139. The molecule has 0 spiro atoms. The average Bonchev–Trinajstić information content (AvgIpc) is 2.59. The van der Waals surface area contributed by atoms with Crippen LogP contribution in [0.5, 0.6) is 5.75 Å². The van der Waals surface area contributed by atoms with Crippen molar-refractivity contribution in [2.75, 3.05) is 7.11 Å². The van der Waals surface area contributed by atoms with Gasteiger partial charge in [-0.3, -0.25) is 0 Å². The number of benzene rings is 2. The number of rotatable bonds is 7. The molecule has 0 heterocycles. The summed E-state index contributed by atoms with van der Waals surface area (Å²) in [4.78, 5) is -0.760. The highest BCUT2D eigenvalue weighted by molar-refractivity contribution is 7.89. The molecule has 0 aliphatic heterocycles. The second-order valence-electron chi connectivity index (χ2n) is 5.90. The van der Waals surface area contributed by atoms with Crippen LogP contribution >= 0.6 is 0 Å². The Hall–Kier alpha value is -2.06. The van der Waals surface area contributed by atoms with Crippen LogP contribution in [0.15, 0.2) is 53.4 Å². The molecule has 0 fully saturated rings. The third-order valence-electron chi connectivity index (χ3n) is 3.86. The summed E-state index contributed by atoms with van der Waals surface area (Å²) < 4.78 is 71.3. The molecular weight excluding hydrogens is 367 g/mol. The summed E-state index contributed by atoms with van der Waals surface area (Å²) in [5.74, 6) is 0.714. The van der Waals surface area contributed by atoms with E-state index in [0.717, 1.165) is 23.8 Å². The molecule has 26 heavy (non-hydrogen) atoms. The van der Waals surface area contributed by atoms with E-state index in [1.165, 1.54) is 6.07 Å². The fourth-order valence-electron chi connectivity index (χ4n) is 2.50. The van der Waals surface area contributed by atoms with Crippen molar-refractivity contribution in [3.8, 4) is 5.75 Å². The monoisotopic (exact) mass is 387 g/mol. The Morgan fingerprint density at radius 3 is 2.27 bits per heavy atom. The highest BCUT2D eigenvalue weighted by Gasteiger charge is 2.37. The van der Waals surface area contributed by atoms with Crippen molar-refractivity contribution in [1.29, 1.82) is 0 Å². The predicted octanol–water partition coefficient (Wildman–Crippen LogP) is 4.01. The number of ether oxygens (including phenoxy) is 1. The van der Waals surface area contributed by atoms with Crippen LogP contribution in [0.3, 0.4) is 0 Å². The number of hydrogen-bond acceptors (Lipinski definition) is 3. The van der Waals surface area contributed by atoms with Crippen LogP contribution in [0.1, 0.15) is 24.5 Å². The SMILES string of the molecule is COc1ccc(CCC(C)NS(=O)(=O)c2ccccc2C(F)(F)F)cc1. The molecule has 0 saturated carbocycles. The van der Waals surface area contributed by atoms with Crippen LogP contribution in [-0.2, 0) is 22.6 Å². The largest absolute Gasteiger partial charge is 0.497 e. The molecule has 1 N–H and O–H groups in total. The van der Waals surface area contributed by atoms with Gasteiger partial charge >= 0.3 is 6.18 Å². The van der Waals surface area contributed by atoms with E-state index in [4.69, 9.17) is 4.74 Å². The van der Waals surface area contributed by atoms with E-state index >= 15 is 0 Å². The molecule has 0 saturated heterocycles. The first kappa shape index (κ1) is 20.3. The van der Waals surface area contributed by atoms with E-state index in [2.05, 4.69) is 4.72 Å². The molecule has 0 bridgehead atoms. The zero-order chi connectivity index (χ0) is 19.4. The van der Waals surface area contributed by atoms with Crippen LogP contribution in [0.2, 0.25) is 0 Å². The minimum atomic E-state index is -4.74. The maximum Gasteiger partial charge on any atom is 0.417 e. The molecule has 2 aromatic carbocycles. The number of hydrogen-bond donors (Lipinski definition) is 1. The lowest BCUT2D eigenvalue weighted by Crippen LogP contribution is -2.34. The third-order valence-corrected chi connectivity index (χ3v) is 5.51. The number of aryl methyl sites for hydroxylation is 1. The summed E-state index contributed by atoms with van der Waals surface area (Å²) in [5, 5.41) is 0. The summed E-state index contributed by atoms with van der Waals surface area (Å²) in [6, 6.07) is 10.9. The molecule has 8 heteroatoms. The molecule has 0 aliphatic carbocycles. The van der Waals surface area contributed by atoms with Crippen LogP contribution < -0.4 is 9.46 Å². The molecular formula is C18H20F3NO3S. The zero-order valence-electron chi connectivity index (χ0n) is 14.4. The summed E-state index contributed by atoms with van der Waals surface area (Å²) in [6.45, 7) is 1.62. The number of methoxy groups -OCH3 is 1. The Bertz CT molecular complexity index is 834. The lowest BCUT2D eigenvalue weighted by atomic mass is 10.1. The van der Waals surface area contributed by atoms with Gasteiger partial charge in [-0.2, -0.15) is 13.2 Å². The molecule has 1 unspecified atom stereocenters. The van der Waals surface area contributed by atoms with E-state index in [-0.39, 0.29) is 0 Å². The molecule has 0 aromatic heterocycles. The van der Waals surface area contributed by atoms with Gasteiger partial charge in [0.05, 0.1) is 17.6 Å². The highest BCUT2D eigenvalue weighted by atomic mass is 32.2. The first-order chi connectivity index (χ1) is 12.1. The molecule has 0 amide bonds. The van der Waals surface area contributed by atoms with Gasteiger partial charge < -0.3 is 4.74 Å². The molecule has 142 valence electrons. The van der Waals surface area contributed by atoms with Gasteiger partial charge in [-0.1, -0.05) is 24.3 Å². The van der Waals surface area contributed by atoms with Crippen LogP contribution in [-0.4, -0.2) is 21.6 Å². The first-order valence-electron chi connectivity index (χ1n) is 7.95. The van der Waals surface area contributed by atoms with Crippen molar-refractivity contribution in [3.63, 3.8) is 0 Å². The Morgan fingerprint density at radius 2 is 1.69 bits per heavy atom. The molecule has 0 aliphatic rings. The van der Waals surface area contributed by atoms with Gasteiger partial charge in [0.1, 0.15) is 5.75 Å². The van der Waals surface area contributed by atoms with Crippen molar-refractivity contribution >= 4 is 10.0 Å². The summed E-state index contributed by atoms with van der Waals surface area (Å²) in [6.07, 6.45) is -3.72. The van der Waals surface area contributed by atoms with Crippen molar-refractivity contribution in [3.05, 3.63) is 59.7 Å². The summed E-state index contributed by atoms with van der Waals surface area (Å²) in [7, 11) is -2.72. The highest BCUT2D eigenvalue weighted by Crippen LogP contribution is 2.34. The number of halogens is 3. The Morgan fingerprint density at radius 1 is 1.08 bits per heavy atom. The molecule has 2 aromatic rings. The van der Waals surface area contributed by atoms with Crippen molar-refractivity contribution < 1.29 is 26.3 Å². The normalized spacial score (nSPS) is 13.4. The minimum Gasteiger partial charge on any atom is -0.497 e. The fraction of sp³-hybridized carbons (Fsp3) is 0.333. The van der Waals surface area contributed by atoms with Crippen LogP contribution in [0.4, 0.5) is 13.2 Å². The van der Waals surface area contributed by atoms with Gasteiger partial charge in [-0.15, -0.1) is 0 Å². The predicted molar refractivity (Wildman–Crippen MR) is 92.5 cm³/mol. The summed E-state index contributed by atoms with van der Waals surface area (Å²) in [5.41, 5.74) is -0.192. The Balaban J connectivity index is 2.07. The van der Waals surface area contributed by atoms with Crippen LogP contribution in [0.25, 0.3) is 0 Å². The third kappa shape index (κ3) is 5.22. The van der Waals surface area contributed by atoms with E-state index in [1.54, 1.807) is 26.2 Å². The standard InChI is InChI=1S/C18H20F3NO3S/c1-13(7-8-14-9-11-15(25-2)12-10-14)22-26(23,24)17-6-4-3-5-16(17)18(19,20)21/h3-6,9-13,22H,7-8H2,1-2H3. The smallest absolute Gasteiger partial charge is 0.417 e. The van der Waals surface area contributed by atoms with Gasteiger partial charge in [-0.25, -0.2) is 13.1 Å². The second kappa shape index (κ2) is 8.09. The van der Waals surface area contributed by atoms with Gasteiger partial charge in [0.25, 0.3) is 0 Å². The zero-order valence-corrected chi connectivity index (χ0v) is 15.2. The van der Waals surface area contributed by atoms with Crippen molar-refractivity contribution in [1.82, 2.24) is 4.72 Å². The first-order valence-corrected chi connectivity index (χ1v) is 9.43. The Kier molecular flexibility index (Phi) is 6.30. The summed E-state index contributed by atoms with van der Waals surface area (Å²) >= 11 is 0. The van der Waals surface area contributed by atoms with Crippen molar-refractivity contribution in [2.24, 2.45) is 0 Å². The minimum absolute atomic E-state index is 0.444. The number of alkyl halides is 3. The topological polar surface area (TPSA) is 55.4 Å². The van der Waals surface area contributed by atoms with Crippen molar-refractivity contribution in [2.45, 2.75) is 36.9 Å². The molecule has 4 nitrogen and oxygen atoms in total. The number of sulfonamides is 1. The van der Waals surface area contributed by atoms with Gasteiger partial charge in [0.15, 0.2) is 0 Å². The molecule has 0 radical (unpaired) electrons. The van der Waals surface area contributed by atoms with E-state index in [1.807, 2.05) is 12.1 Å². The maximum absolute atomic E-state index is 13.0. The van der Waals surface area contributed by atoms with Gasteiger partial charge in [-0.05, 0) is 49.6 Å². The maximum atomic E-state index is 13.0. The second-order valence-corrected chi connectivity index (χ2v) is 7.59. The average molecular weight is 387 g/mol. The van der Waals surface area contributed by atoms with E-state index in [0.29, 0.717) is 18.6 Å². The Labute approximate surface area is 151 Å². The quantitative estimate of drug-likeness (QED) is 0.781. The lowest BCUT2D eigenvalue weighted by Gasteiger charge is -2.17. The van der Waals surface area contributed by atoms with E-state index in [9.17, 15) is 21.6 Å². The van der Waals surface area contributed by atoms with Gasteiger partial charge in [0, 0.05) is 6.04 Å². The fourth-order valence-corrected chi connectivity index (χ4v) is 4.00.